The number of halogens is 1. The van der Waals surface area contributed by atoms with Gasteiger partial charge in [0.15, 0.2) is 0 Å². The minimum atomic E-state index is -0.102. The second-order valence-corrected chi connectivity index (χ2v) is 5.59. The van der Waals surface area contributed by atoms with E-state index in [4.69, 9.17) is 11.6 Å². The van der Waals surface area contributed by atoms with Gasteiger partial charge in [0.2, 0.25) is 5.91 Å². The topological polar surface area (TPSA) is 41.1 Å². The average molecular weight is 303 g/mol. The predicted octanol–water partition coefficient (Wildman–Crippen LogP) is 4.32. The van der Waals surface area contributed by atoms with Gasteiger partial charge in [0.1, 0.15) is 0 Å². The average Bonchev–Trinajstić information content (AvgIpc) is 2.42. The summed E-state index contributed by atoms with van der Waals surface area (Å²) in [4.78, 5) is 11.9. The largest absolute Gasteiger partial charge is 0.375 e. The normalized spacial score (nSPS) is 10.3. The lowest BCUT2D eigenvalue weighted by atomic mass is 10.1. The first-order valence-corrected chi connectivity index (χ1v) is 7.20. The van der Waals surface area contributed by atoms with Crippen molar-refractivity contribution in [3.05, 3.63) is 58.1 Å². The molecule has 2 aromatic carbocycles. The van der Waals surface area contributed by atoms with Crippen molar-refractivity contribution in [2.75, 3.05) is 17.2 Å². The molecule has 0 aliphatic rings. The van der Waals surface area contributed by atoms with Crippen LogP contribution in [0.3, 0.4) is 0 Å². The zero-order chi connectivity index (χ0) is 15.4. The van der Waals surface area contributed by atoms with Crippen molar-refractivity contribution in [2.24, 2.45) is 0 Å². The number of benzene rings is 2. The fourth-order valence-electron chi connectivity index (χ4n) is 1.96. The Hall–Kier alpha value is -2.00. The Kier molecular flexibility index (Phi) is 4.86. The molecule has 21 heavy (non-hydrogen) atoms. The van der Waals surface area contributed by atoms with Crippen LogP contribution in [0, 0.1) is 20.8 Å². The number of carbonyl (C=O) groups is 1. The van der Waals surface area contributed by atoms with Crippen LogP contribution in [0.15, 0.2) is 36.4 Å². The molecule has 0 heterocycles. The molecule has 0 saturated carbocycles. The van der Waals surface area contributed by atoms with Crippen molar-refractivity contribution < 1.29 is 4.79 Å². The van der Waals surface area contributed by atoms with Crippen LogP contribution in [-0.4, -0.2) is 12.5 Å². The molecule has 2 rings (SSSR count). The molecule has 0 aliphatic heterocycles. The van der Waals surface area contributed by atoms with Gasteiger partial charge in [0.05, 0.1) is 17.3 Å². The van der Waals surface area contributed by atoms with Crippen LogP contribution in [0.5, 0.6) is 0 Å². The Balaban J connectivity index is 1.94. The second-order valence-electron chi connectivity index (χ2n) is 5.18. The highest BCUT2D eigenvalue weighted by Gasteiger charge is 2.05. The molecule has 0 spiro atoms. The van der Waals surface area contributed by atoms with Gasteiger partial charge >= 0.3 is 0 Å². The lowest BCUT2D eigenvalue weighted by Crippen LogP contribution is -2.21. The van der Waals surface area contributed by atoms with Crippen LogP contribution in [0.2, 0.25) is 5.02 Å². The highest BCUT2D eigenvalue weighted by molar-refractivity contribution is 6.33. The Morgan fingerprint density at radius 1 is 1.05 bits per heavy atom. The van der Waals surface area contributed by atoms with E-state index < -0.39 is 0 Å². The third-order valence-corrected chi connectivity index (χ3v) is 3.67. The summed E-state index contributed by atoms with van der Waals surface area (Å²) >= 11 is 6.12. The maximum Gasteiger partial charge on any atom is 0.243 e. The van der Waals surface area contributed by atoms with Crippen LogP contribution in [0.1, 0.15) is 16.7 Å². The lowest BCUT2D eigenvalue weighted by Gasteiger charge is -2.10. The maximum absolute atomic E-state index is 11.9. The van der Waals surface area contributed by atoms with Crippen molar-refractivity contribution in [3.63, 3.8) is 0 Å². The summed E-state index contributed by atoms with van der Waals surface area (Å²) in [5.74, 6) is -0.102. The minimum absolute atomic E-state index is 0.102. The number of hydrogen-bond donors (Lipinski definition) is 2. The van der Waals surface area contributed by atoms with Crippen LogP contribution in [0.4, 0.5) is 11.4 Å². The van der Waals surface area contributed by atoms with Gasteiger partial charge in [0, 0.05) is 5.69 Å². The van der Waals surface area contributed by atoms with Gasteiger partial charge in [-0.1, -0.05) is 23.7 Å². The molecule has 0 bridgehead atoms. The van der Waals surface area contributed by atoms with Crippen LogP contribution in [-0.2, 0) is 4.79 Å². The van der Waals surface area contributed by atoms with E-state index in [2.05, 4.69) is 10.6 Å². The first-order chi connectivity index (χ1) is 9.95. The minimum Gasteiger partial charge on any atom is -0.375 e. The Labute approximate surface area is 130 Å². The Morgan fingerprint density at radius 2 is 1.81 bits per heavy atom. The molecule has 0 atom stereocenters. The predicted molar refractivity (Wildman–Crippen MR) is 89.2 cm³/mol. The van der Waals surface area contributed by atoms with Gasteiger partial charge in [-0.3, -0.25) is 4.79 Å². The molecule has 2 aromatic rings. The Bertz CT molecular complexity index is 668. The van der Waals surface area contributed by atoms with E-state index in [1.807, 2.05) is 57.2 Å². The fraction of sp³-hybridized carbons (Fsp3) is 0.235. The van der Waals surface area contributed by atoms with Crippen LogP contribution in [0.25, 0.3) is 0 Å². The van der Waals surface area contributed by atoms with E-state index in [1.54, 1.807) is 0 Å². The van der Waals surface area contributed by atoms with E-state index in [9.17, 15) is 4.79 Å². The van der Waals surface area contributed by atoms with Gasteiger partial charge in [0.25, 0.3) is 0 Å². The first-order valence-electron chi connectivity index (χ1n) is 6.83. The quantitative estimate of drug-likeness (QED) is 0.883. The number of anilines is 2. The third kappa shape index (κ3) is 4.23. The third-order valence-electron chi connectivity index (χ3n) is 3.35. The highest BCUT2D eigenvalue weighted by atomic mass is 35.5. The molecule has 2 N–H and O–H groups in total. The van der Waals surface area contributed by atoms with Gasteiger partial charge in [-0.2, -0.15) is 0 Å². The van der Waals surface area contributed by atoms with Gasteiger partial charge in [-0.25, -0.2) is 0 Å². The monoisotopic (exact) mass is 302 g/mol. The summed E-state index contributed by atoms with van der Waals surface area (Å²) in [5, 5.41) is 6.53. The Morgan fingerprint density at radius 3 is 2.48 bits per heavy atom. The standard InChI is InChI=1S/C17H19ClN2O/c1-11-4-7-16(15(18)8-11)19-10-17(21)20-14-6-5-12(2)13(3)9-14/h4-9,19H,10H2,1-3H3,(H,20,21). The smallest absolute Gasteiger partial charge is 0.243 e. The summed E-state index contributed by atoms with van der Waals surface area (Å²) in [7, 11) is 0. The second kappa shape index (κ2) is 6.64. The molecular weight excluding hydrogens is 284 g/mol. The molecule has 4 heteroatoms. The molecule has 0 saturated heterocycles. The van der Waals surface area contributed by atoms with E-state index in [0.29, 0.717) is 5.02 Å². The van der Waals surface area contributed by atoms with Gasteiger partial charge < -0.3 is 10.6 Å². The summed E-state index contributed by atoms with van der Waals surface area (Å²) in [6, 6.07) is 11.6. The molecule has 0 unspecified atom stereocenters. The first kappa shape index (κ1) is 15.4. The highest BCUT2D eigenvalue weighted by Crippen LogP contribution is 2.22. The van der Waals surface area contributed by atoms with E-state index in [1.165, 1.54) is 5.56 Å². The van der Waals surface area contributed by atoms with Crippen molar-refractivity contribution in [1.82, 2.24) is 0 Å². The summed E-state index contributed by atoms with van der Waals surface area (Å²) in [5.41, 5.74) is 5.02. The van der Waals surface area contributed by atoms with E-state index >= 15 is 0 Å². The van der Waals surface area contributed by atoms with Gasteiger partial charge in [-0.05, 0) is 61.7 Å². The number of nitrogens with one attached hydrogen (secondary N) is 2. The molecule has 1 amide bonds. The van der Waals surface area contributed by atoms with Crippen molar-refractivity contribution in [3.8, 4) is 0 Å². The van der Waals surface area contributed by atoms with E-state index in [-0.39, 0.29) is 12.5 Å². The molecule has 0 aliphatic carbocycles. The van der Waals surface area contributed by atoms with Gasteiger partial charge in [-0.15, -0.1) is 0 Å². The van der Waals surface area contributed by atoms with Crippen molar-refractivity contribution >= 4 is 28.9 Å². The summed E-state index contributed by atoms with van der Waals surface area (Å²) in [6.45, 7) is 6.22. The number of carbonyl (C=O) groups excluding carboxylic acids is 1. The summed E-state index contributed by atoms with van der Waals surface area (Å²) < 4.78 is 0. The molecule has 0 aromatic heterocycles. The SMILES string of the molecule is Cc1ccc(NCC(=O)Nc2ccc(C)c(C)c2)c(Cl)c1. The molecule has 3 nitrogen and oxygen atoms in total. The number of rotatable bonds is 4. The van der Waals surface area contributed by atoms with Crippen molar-refractivity contribution in [2.45, 2.75) is 20.8 Å². The zero-order valence-corrected chi connectivity index (χ0v) is 13.2. The van der Waals surface area contributed by atoms with Crippen molar-refractivity contribution in [1.29, 1.82) is 0 Å². The molecular formula is C17H19ClN2O. The lowest BCUT2D eigenvalue weighted by molar-refractivity contribution is -0.114. The molecule has 0 fully saturated rings. The maximum atomic E-state index is 11.9. The van der Waals surface area contributed by atoms with Crippen LogP contribution >= 0.6 is 11.6 Å². The fourth-order valence-corrected chi connectivity index (χ4v) is 2.27. The number of hydrogen-bond acceptors (Lipinski definition) is 2. The summed E-state index contributed by atoms with van der Waals surface area (Å²) in [6.07, 6.45) is 0. The molecule has 0 radical (unpaired) electrons. The van der Waals surface area contributed by atoms with E-state index in [0.717, 1.165) is 22.5 Å². The zero-order valence-electron chi connectivity index (χ0n) is 12.5. The number of aryl methyl sites for hydroxylation is 3. The number of amides is 1. The van der Waals surface area contributed by atoms with Crippen LogP contribution < -0.4 is 10.6 Å². The molecule has 110 valence electrons.